The number of aryl methyl sites for hydroxylation is 1. The predicted molar refractivity (Wildman–Crippen MR) is 189 cm³/mol. The van der Waals surface area contributed by atoms with Gasteiger partial charge in [0.2, 0.25) is 11.9 Å². The van der Waals surface area contributed by atoms with Crippen LogP contribution in [0.1, 0.15) is 77.1 Å². The number of guanidine groups is 1. The summed E-state index contributed by atoms with van der Waals surface area (Å²) in [5.41, 5.74) is 0.106. The normalized spacial score (nSPS) is 14.0. The fourth-order valence-corrected chi connectivity index (χ4v) is 5.85. The molecule has 2 aromatic carbocycles. The van der Waals surface area contributed by atoms with Crippen molar-refractivity contribution >= 4 is 62.7 Å². The Morgan fingerprint density at radius 1 is 0.980 bits per heavy atom. The Morgan fingerprint density at radius 3 is 2.22 bits per heavy atom. The first-order valence-corrected chi connectivity index (χ1v) is 16.6. The molecule has 0 bridgehead atoms. The lowest BCUT2D eigenvalue weighted by Gasteiger charge is -2.27. The molecule has 0 saturated carbocycles. The third-order valence-electron chi connectivity index (χ3n) is 7.25. The van der Waals surface area contributed by atoms with E-state index in [2.05, 4.69) is 41.9 Å². The minimum atomic E-state index is -0.853. The van der Waals surface area contributed by atoms with Crippen LogP contribution < -0.4 is 27.1 Å². The molecular formula is C34H41BrN6O9. The van der Waals surface area contributed by atoms with Crippen LogP contribution in [-0.4, -0.2) is 57.9 Å². The molecule has 1 aromatic heterocycles. The van der Waals surface area contributed by atoms with E-state index in [4.69, 9.17) is 14.2 Å². The Kier molecular flexibility index (Phi) is 11.6. The second-order valence-electron chi connectivity index (χ2n) is 13.7. The third kappa shape index (κ3) is 10.3. The van der Waals surface area contributed by atoms with Crippen LogP contribution in [0.25, 0.3) is 11.0 Å². The molecule has 1 unspecified atom stereocenters. The maximum absolute atomic E-state index is 13.4. The number of carbonyl (C=O) groups excluding carboxylic acids is 4. The number of amides is 3. The van der Waals surface area contributed by atoms with Crippen LogP contribution in [0.15, 0.2) is 49.4 Å². The summed E-state index contributed by atoms with van der Waals surface area (Å²) < 4.78 is 17.6. The summed E-state index contributed by atoms with van der Waals surface area (Å²) in [6, 6.07) is 7.91. The molecule has 0 fully saturated rings. The number of aromatic amines is 1. The maximum atomic E-state index is 13.4. The molecule has 0 spiro atoms. The molecule has 2 heterocycles. The van der Waals surface area contributed by atoms with E-state index in [-0.39, 0.29) is 25.3 Å². The Labute approximate surface area is 296 Å². The zero-order valence-electron chi connectivity index (χ0n) is 28.9. The maximum Gasteiger partial charge on any atom is 0.414 e. The number of nitrogens with one attached hydrogen (secondary N) is 4. The molecule has 0 saturated heterocycles. The van der Waals surface area contributed by atoms with Crippen LogP contribution in [0.5, 0.6) is 0 Å². The van der Waals surface area contributed by atoms with Crippen molar-refractivity contribution in [2.24, 2.45) is 4.99 Å². The second-order valence-corrected chi connectivity index (χ2v) is 14.6. The number of halogens is 1. The smallest absolute Gasteiger partial charge is 0.414 e. The van der Waals surface area contributed by atoms with Gasteiger partial charge in [-0.2, -0.15) is 0 Å². The van der Waals surface area contributed by atoms with Gasteiger partial charge >= 0.3 is 29.3 Å². The van der Waals surface area contributed by atoms with E-state index in [1.54, 1.807) is 65.8 Å². The van der Waals surface area contributed by atoms with Gasteiger partial charge in [-0.1, -0.05) is 28.1 Å². The van der Waals surface area contributed by atoms with Crippen LogP contribution in [0.4, 0.5) is 15.3 Å². The lowest BCUT2D eigenvalue weighted by molar-refractivity contribution is -0.139. The van der Waals surface area contributed by atoms with Gasteiger partial charge in [-0.3, -0.25) is 34.4 Å². The molecule has 50 heavy (non-hydrogen) atoms. The van der Waals surface area contributed by atoms with E-state index >= 15 is 0 Å². The van der Waals surface area contributed by atoms with Gasteiger partial charge in [0.1, 0.15) is 11.2 Å². The van der Waals surface area contributed by atoms with Crippen molar-refractivity contribution in [2.45, 2.75) is 91.0 Å². The molecule has 268 valence electrons. The van der Waals surface area contributed by atoms with Crippen molar-refractivity contribution in [1.82, 2.24) is 20.2 Å². The molecule has 4 N–H and O–H groups in total. The average molecular weight is 758 g/mol. The number of methoxy groups -OCH3 is 1. The molecule has 0 radical (unpaired) electrons. The van der Waals surface area contributed by atoms with Crippen molar-refractivity contribution < 1.29 is 33.4 Å². The summed E-state index contributed by atoms with van der Waals surface area (Å²) in [5, 5.41) is 7.66. The van der Waals surface area contributed by atoms with E-state index < -0.39 is 52.4 Å². The van der Waals surface area contributed by atoms with Gasteiger partial charge in [0.05, 0.1) is 31.1 Å². The summed E-state index contributed by atoms with van der Waals surface area (Å²) in [5.74, 6) is -1.23. The number of aliphatic imine (C=N–C) groups is 1. The molecular weight excluding hydrogens is 716 g/mol. The van der Waals surface area contributed by atoms with Gasteiger partial charge in [0.25, 0.3) is 0 Å². The Morgan fingerprint density at radius 2 is 1.62 bits per heavy atom. The number of aromatic nitrogens is 2. The zero-order valence-corrected chi connectivity index (χ0v) is 30.5. The first kappa shape index (κ1) is 37.8. The summed E-state index contributed by atoms with van der Waals surface area (Å²) in [6.07, 6.45) is -0.951. The Balaban J connectivity index is 1.57. The number of ether oxygens (including phenoxy) is 3. The van der Waals surface area contributed by atoms with E-state index in [9.17, 15) is 28.8 Å². The van der Waals surface area contributed by atoms with E-state index in [0.717, 1.165) is 10.0 Å². The molecule has 15 nitrogen and oxygen atoms in total. The van der Waals surface area contributed by atoms with Gasteiger partial charge in [-0.15, -0.1) is 0 Å². The highest BCUT2D eigenvalue weighted by Gasteiger charge is 2.27. The number of hydrogen-bond acceptors (Lipinski definition) is 10. The highest BCUT2D eigenvalue weighted by Crippen LogP contribution is 2.32. The zero-order chi connectivity index (χ0) is 37.0. The summed E-state index contributed by atoms with van der Waals surface area (Å²) >= 11 is 3.44. The van der Waals surface area contributed by atoms with Gasteiger partial charge < -0.3 is 24.5 Å². The second kappa shape index (κ2) is 15.3. The van der Waals surface area contributed by atoms with Crippen LogP contribution in [0, 0.1) is 0 Å². The first-order chi connectivity index (χ1) is 23.3. The van der Waals surface area contributed by atoms with Crippen molar-refractivity contribution in [3.8, 4) is 0 Å². The van der Waals surface area contributed by atoms with E-state index in [1.807, 2.05) is 6.07 Å². The van der Waals surface area contributed by atoms with Crippen LogP contribution in [-0.2, 0) is 43.2 Å². The Hall–Kier alpha value is -4.99. The number of carbonyl (C=O) groups is 4. The van der Waals surface area contributed by atoms with Crippen LogP contribution in [0.2, 0.25) is 0 Å². The highest BCUT2D eigenvalue weighted by atomic mass is 79.9. The van der Waals surface area contributed by atoms with Gasteiger partial charge in [0, 0.05) is 22.6 Å². The number of anilines is 1. The lowest BCUT2D eigenvalue weighted by atomic mass is 9.96. The highest BCUT2D eigenvalue weighted by molar-refractivity contribution is 9.10. The fourth-order valence-electron chi connectivity index (χ4n) is 5.34. The fraction of sp³-hybridized carbons (Fsp3) is 0.441. The van der Waals surface area contributed by atoms with E-state index in [0.29, 0.717) is 40.7 Å². The van der Waals surface area contributed by atoms with Crippen molar-refractivity contribution in [1.29, 1.82) is 0 Å². The number of esters is 1. The molecule has 16 heteroatoms. The van der Waals surface area contributed by atoms with Crippen LogP contribution in [0.3, 0.4) is 0 Å². The number of hydrogen-bond donors (Lipinski definition) is 4. The number of nitrogens with zero attached hydrogens (tertiary/aromatic N) is 2. The first-order valence-electron chi connectivity index (χ1n) is 15.8. The monoisotopic (exact) mass is 756 g/mol. The molecule has 1 atom stereocenters. The molecule has 1 aliphatic rings. The predicted octanol–water partition coefficient (Wildman–Crippen LogP) is 4.59. The van der Waals surface area contributed by atoms with Crippen molar-refractivity contribution in [3.05, 3.63) is 72.2 Å². The third-order valence-corrected chi connectivity index (χ3v) is 7.71. The van der Waals surface area contributed by atoms with Crippen LogP contribution >= 0.6 is 15.9 Å². The molecule has 3 amide bonds. The van der Waals surface area contributed by atoms with E-state index in [1.165, 1.54) is 11.7 Å². The van der Waals surface area contributed by atoms with Gasteiger partial charge in [-0.05, 0) is 89.3 Å². The quantitative estimate of drug-likeness (QED) is 0.0876. The minimum Gasteiger partial charge on any atom is -0.469 e. The largest absolute Gasteiger partial charge is 0.469 e. The average Bonchev–Trinajstić information content (AvgIpc) is 2.98. The lowest BCUT2D eigenvalue weighted by Crippen LogP contribution is -2.47. The summed E-state index contributed by atoms with van der Waals surface area (Å²) in [7, 11) is 1.24. The Bertz CT molecular complexity index is 1940. The number of rotatable bonds is 7. The van der Waals surface area contributed by atoms with Gasteiger partial charge in [0.15, 0.2) is 0 Å². The molecule has 3 aromatic rings. The number of alkyl carbamates (subject to hydrolysis) is 2. The topological polar surface area (TPSA) is 199 Å². The van der Waals surface area contributed by atoms with Gasteiger partial charge in [-0.25, -0.2) is 14.6 Å². The van der Waals surface area contributed by atoms with Crippen molar-refractivity contribution in [3.63, 3.8) is 0 Å². The molecule has 1 aliphatic heterocycles. The SMILES string of the molecule is COC(=O)Cc1cc(CN=C(NC(=O)OC(C)(C)C)NC(=O)OC(C)(C)C)ccc1NC(=O)CC1CCc2cc(Br)cc3[nH]c(=O)c(=O)n1c23. The molecule has 0 aliphatic carbocycles. The number of benzene rings is 2. The summed E-state index contributed by atoms with van der Waals surface area (Å²) in [4.78, 5) is 83.1. The minimum absolute atomic E-state index is 0.0671. The summed E-state index contributed by atoms with van der Waals surface area (Å²) in [6.45, 7) is 10.0. The number of H-pyrrole nitrogens is 1. The van der Waals surface area contributed by atoms with Crippen molar-refractivity contribution in [2.75, 3.05) is 12.4 Å². The standard InChI is InChI=1S/C34H41BrN6O9/c1-33(2,3)49-31(46)39-30(40-32(47)50-34(4,5)6)36-17-18-8-11-23(20(12-18)14-26(43)48-7)37-25(42)16-22-10-9-19-13-21(35)15-24-27(19)41(22)29(45)28(44)38-24/h8,11-13,15,22H,9-10,14,16-17H2,1-7H3,(H,37,42)(H,38,44)(H2,36,39,40,46,47). The molecule has 4 rings (SSSR count).